The van der Waals surface area contributed by atoms with Crippen LogP contribution in [-0.4, -0.2) is 42.5 Å². The summed E-state index contributed by atoms with van der Waals surface area (Å²) < 4.78 is 5.46. The van der Waals surface area contributed by atoms with Gasteiger partial charge in [-0.15, -0.1) is 0 Å². The SMILES string of the molecule is O=C1NCCN(C(=O)C2CCCO2)C1c1cccc(Cl)c1. The Bertz CT molecular complexity index is 558. The molecule has 3 rings (SSSR count). The number of hydrogen-bond donors (Lipinski definition) is 1. The predicted octanol–water partition coefficient (Wildman–Crippen LogP) is 1.52. The van der Waals surface area contributed by atoms with Gasteiger partial charge in [-0.25, -0.2) is 0 Å². The van der Waals surface area contributed by atoms with Crippen LogP contribution in [0.3, 0.4) is 0 Å². The number of carbonyl (C=O) groups is 2. The van der Waals surface area contributed by atoms with Crippen LogP contribution in [0, 0.1) is 0 Å². The van der Waals surface area contributed by atoms with Crippen LogP contribution in [0.1, 0.15) is 24.4 Å². The smallest absolute Gasteiger partial charge is 0.252 e. The van der Waals surface area contributed by atoms with Crippen molar-refractivity contribution in [3.8, 4) is 0 Å². The van der Waals surface area contributed by atoms with Gasteiger partial charge in [0.15, 0.2) is 0 Å². The number of amides is 2. The van der Waals surface area contributed by atoms with Crippen molar-refractivity contribution in [2.24, 2.45) is 0 Å². The second kappa shape index (κ2) is 6.03. The first-order valence-corrected chi connectivity index (χ1v) is 7.50. The third kappa shape index (κ3) is 2.89. The van der Waals surface area contributed by atoms with Gasteiger partial charge in [0.1, 0.15) is 12.1 Å². The van der Waals surface area contributed by atoms with Crippen LogP contribution in [0.2, 0.25) is 5.02 Å². The third-order valence-corrected chi connectivity index (χ3v) is 4.10. The number of nitrogens with one attached hydrogen (secondary N) is 1. The molecular weight excluding hydrogens is 292 g/mol. The van der Waals surface area contributed by atoms with Gasteiger partial charge in [-0.3, -0.25) is 9.59 Å². The molecule has 6 heteroatoms. The minimum absolute atomic E-state index is 0.104. The zero-order chi connectivity index (χ0) is 14.8. The van der Waals surface area contributed by atoms with E-state index in [2.05, 4.69) is 5.32 Å². The number of carbonyl (C=O) groups excluding carboxylic acids is 2. The summed E-state index contributed by atoms with van der Waals surface area (Å²) in [5.41, 5.74) is 0.728. The van der Waals surface area contributed by atoms with E-state index in [1.165, 1.54) is 0 Å². The molecule has 5 nitrogen and oxygen atoms in total. The fraction of sp³-hybridized carbons (Fsp3) is 0.467. The molecule has 0 aromatic heterocycles. The molecule has 2 saturated heterocycles. The van der Waals surface area contributed by atoms with Crippen molar-refractivity contribution in [3.63, 3.8) is 0 Å². The molecule has 0 spiro atoms. The molecule has 2 amide bonds. The van der Waals surface area contributed by atoms with E-state index in [1.807, 2.05) is 6.07 Å². The quantitative estimate of drug-likeness (QED) is 0.901. The highest BCUT2D eigenvalue weighted by atomic mass is 35.5. The summed E-state index contributed by atoms with van der Waals surface area (Å²) in [6, 6.07) is 6.45. The van der Waals surface area contributed by atoms with E-state index in [1.54, 1.807) is 23.1 Å². The molecule has 0 bridgehead atoms. The van der Waals surface area contributed by atoms with Crippen LogP contribution in [0.15, 0.2) is 24.3 Å². The summed E-state index contributed by atoms with van der Waals surface area (Å²) in [6.07, 6.45) is 1.19. The average Bonchev–Trinajstić information content (AvgIpc) is 3.00. The molecule has 0 radical (unpaired) electrons. The molecule has 0 saturated carbocycles. The third-order valence-electron chi connectivity index (χ3n) is 3.86. The van der Waals surface area contributed by atoms with Gasteiger partial charge in [0.25, 0.3) is 5.91 Å². The van der Waals surface area contributed by atoms with E-state index in [4.69, 9.17) is 16.3 Å². The summed E-state index contributed by atoms with van der Waals surface area (Å²) >= 11 is 6.01. The Kier molecular flexibility index (Phi) is 4.12. The normalized spacial score (nSPS) is 25.8. The molecule has 2 unspecified atom stereocenters. The van der Waals surface area contributed by atoms with Crippen molar-refractivity contribution in [3.05, 3.63) is 34.9 Å². The maximum Gasteiger partial charge on any atom is 0.252 e. The maximum absolute atomic E-state index is 12.6. The number of hydrogen-bond acceptors (Lipinski definition) is 3. The number of ether oxygens (including phenoxy) is 1. The summed E-state index contributed by atoms with van der Waals surface area (Å²) in [5.74, 6) is -0.276. The lowest BCUT2D eigenvalue weighted by Gasteiger charge is -2.36. The summed E-state index contributed by atoms with van der Waals surface area (Å²) in [5, 5.41) is 3.36. The fourth-order valence-electron chi connectivity index (χ4n) is 2.87. The summed E-state index contributed by atoms with van der Waals surface area (Å²) in [6.45, 7) is 1.56. The molecule has 2 heterocycles. The van der Waals surface area contributed by atoms with Crippen molar-refractivity contribution in [1.82, 2.24) is 10.2 Å². The van der Waals surface area contributed by atoms with Gasteiger partial charge in [0.05, 0.1) is 0 Å². The summed E-state index contributed by atoms with van der Waals surface area (Å²) in [7, 11) is 0. The fourth-order valence-corrected chi connectivity index (χ4v) is 3.07. The van der Waals surface area contributed by atoms with Crippen molar-refractivity contribution >= 4 is 23.4 Å². The zero-order valence-electron chi connectivity index (χ0n) is 11.5. The van der Waals surface area contributed by atoms with Gasteiger partial charge < -0.3 is 15.0 Å². The summed E-state index contributed by atoms with van der Waals surface area (Å²) in [4.78, 5) is 26.5. The topological polar surface area (TPSA) is 58.6 Å². The zero-order valence-corrected chi connectivity index (χ0v) is 12.3. The first-order chi connectivity index (χ1) is 10.2. The van der Waals surface area contributed by atoms with E-state index in [9.17, 15) is 9.59 Å². The van der Waals surface area contributed by atoms with Gasteiger partial charge >= 0.3 is 0 Å². The Labute approximate surface area is 128 Å². The van der Waals surface area contributed by atoms with Gasteiger partial charge in [0.2, 0.25) is 5.91 Å². The van der Waals surface area contributed by atoms with Crippen LogP contribution in [-0.2, 0) is 14.3 Å². The molecule has 2 aliphatic rings. The van der Waals surface area contributed by atoms with Gasteiger partial charge in [-0.2, -0.15) is 0 Å². The van der Waals surface area contributed by atoms with Crippen molar-refractivity contribution in [2.75, 3.05) is 19.7 Å². The highest BCUT2D eigenvalue weighted by Gasteiger charge is 2.38. The molecule has 0 aliphatic carbocycles. The second-order valence-corrected chi connectivity index (χ2v) is 5.72. The molecule has 2 atom stereocenters. The highest BCUT2D eigenvalue weighted by molar-refractivity contribution is 6.30. The largest absolute Gasteiger partial charge is 0.368 e. The van der Waals surface area contributed by atoms with E-state index in [0.29, 0.717) is 24.7 Å². The first-order valence-electron chi connectivity index (χ1n) is 7.12. The van der Waals surface area contributed by atoms with E-state index < -0.39 is 12.1 Å². The molecular formula is C15H17ClN2O3. The average molecular weight is 309 g/mol. The van der Waals surface area contributed by atoms with Gasteiger partial charge in [0, 0.05) is 24.7 Å². The first kappa shape index (κ1) is 14.4. The Morgan fingerprint density at radius 1 is 1.43 bits per heavy atom. The van der Waals surface area contributed by atoms with E-state index in [0.717, 1.165) is 18.4 Å². The molecule has 1 N–H and O–H groups in total. The predicted molar refractivity (Wildman–Crippen MR) is 77.9 cm³/mol. The van der Waals surface area contributed by atoms with Crippen LogP contribution in [0.5, 0.6) is 0 Å². The van der Waals surface area contributed by atoms with Crippen LogP contribution in [0.4, 0.5) is 0 Å². The van der Waals surface area contributed by atoms with Crippen molar-refractivity contribution in [1.29, 1.82) is 0 Å². The minimum atomic E-state index is -0.630. The molecule has 1 aromatic carbocycles. The van der Waals surface area contributed by atoms with E-state index in [-0.39, 0.29) is 11.8 Å². The number of rotatable bonds is 2. The highest BCUT2D eigenvalue weighted by Crippen LogP contribution is 2.28. The standard InChI is InChI=1S/C15H17ClN2O3/c16-11-4-1-3-10(9-11)13-14(19)17-6-7-18(13)15(20)12-5-2-8-21-12/h1,3-4,9,12-13H,2,5-8H2,(H,17,19). The van der Waals surface area contributed by atoms with Gasteiger partial charge in [-0.05, 0) is 30.5 Å². The molecule has 1 aromatic rings. The Hall–Kier alpha value is -1.59. The lowest BCUT2D eigenvalue weighted by Crippen LogP contribution is -2.54. The minimum Gasteiger partial charge on any atom is -0.368 e. The lowest BCUT2D eigenvalue weighted by atomic mass is 10.0. The second-order valence-electron chi connectivity index (χ2n) is 5.28. The van der Waals surface area contributed by atoms with Gasteiger partial charge in [-0.1, -0.05) is 23.7 Å². The maximum atomic E-state index is 12.6. The van der Waals surface area contributed by atoms with Crippen LogP contribution >= 0.6 is 11.6 Å². The van der Waals surface area contributed by atoms with E-state index >= 15 is 0 Å². The number of benzene rings is 1. The molecule has 2 fully saturated rings. The van der Waals surface area contributed by atoms with Crippen LogP contribution < -0.4 is 5.32 Å². The van der Waals surface area contributed by atoms with Crippen molar-refractivity contribution in [2.45, 2.75) is 25.0 Å². The van der Waals surface area contributed by atoms with Crippen molar-refractivity contribution < 1.29 is 14.3 Å². The molecule has 112 valence electrons. The lowest BCUT2D eigenvalue weighted by molar-refractivity contribution is -0.150. The number of piperazine rings is 1. The Morgan fingerprint density at radius 2 is 2.29 bits per heavy atom. The number of nitrogens with zero attached hydrogens (tertiary/aromatic N) is 1. The molecule has 21 heavy (non-hydrogen) atoms. The monoisotopic (exact) mass is 308 g/mol. The molecule has 2 aliphatic heterocycles. The Balaban J connectivity index is 1.89. The Morgan fingerprint density at radius 3 is 3.00 bits per heavy atom. The number of halogens is 1. The van der Waals surface area contributed by atoms with Crippen LogP contribution in [0.25, 0.3) is 0 Å².